The van der Waals surface area contributed by atoms with Crippen LogP contribution in [0.3, 0.4) is 0 Å². The van der Waals surface area contributed by atoms with E-state index in [4.69, 9.17) is 5.11 Å². The zero-order chi connectivity index (χ0) is 12.0. The molecule has 4 heteroatoms. The quantitative estimate of drug-likeness (QED) is 0.788. The predicted molar refractivity (Wildman–Crippen MR) is 68.9 cm³/mol. The highest BCUT2D eigenvalue weighted by molar-refractivity contribution is 9.10. The Morgan fingerprint density at radius 2 is 2.19 bits per heavy atom. The summed E-state index contributed by atoms with van der Waals surface area (Å²) in [5.41, 5.74) is 2.26. The van der Waals surface area contributed by atoms with Crippen LogP contribution in [0.1, 0.15) is 24.8 Å². The topological polar surface area (TPSA) is 49.3 Å². The first-order chi connectivity index (χ1) is 7.61. The molecule has 0 heterocycles. The largest absolute Gasteiger partial charge is 0.481 e. The number of hydrogen-bond acceptors (Lipinski definition) is 2. The molecule has 2 N–H and O–H groups in total. The number of unbranched alkanes of at least 4 members (excludes halogenated alkanes) is 1. The lowest BCUT2D eigenvalue weighted by molar-refractivity contribution is -0.137. The first-order valence-electron chi connectivity index (χ1n) is 5.32. The molecule has 0 spiro atoms. The van der Waals surface area contributed by atoms with E-state index in [1.54, 1.807) is 0 Å². The van der Waals surface area contributed by atoms with Gasteiger partial charge in [0, 0.05) is 23.1 Å². The summed E-state index contributed by atoms with van der Waals surface area (Å²) >= 11 is 3.52. The van der Waals surface area contributed by atoms with E-state index in [2.05, 4.69) is 21.2 Å². The third kappa shape index (κ3) is 4.23. The van der Waals surface area contributed by atoms with Crippen LogP contribution in [0.15, 0.2) is 22.7 Å². The third-order valence-corrected chi connectivity index (χ3v) is 3.38. The number of halogens is 1. The lowest BCUT2D eigenvalue weighted by atomic mass is 10.2. The SMILES string of the molecule is Cc1cccc(NCCCCC(=O)O)c1Br. The first-order valence-corrected chi connectivity index (χ1v) is 6.11. The van der Waals surface area contributed by atoms with Crippen LogP contribution in [-0.2, 0) is 4.79 Å². The summed E-state index contributed by atoms with van der Waals surface area (Å²) in [6.45, 7) is 2.84. The Morgan fingerprint density at radius 1 is 1.44 bits per heavy atom. The van der Waals surface area contributed by atoms with Crippen LogP contribution in [-0.4, -0.2) is 17.6 Å². The highest BCUT2D eigenvalue weighted by atomic mass is 79.9. The van der Waals surface area contributed by atoms with E-state index in [0.717, 1.165) is 23.1 Å². The molecule has 0 fully saturated rings. The lowest BCUT2D eigenvalue weighted by Gasteiger charge is -2.09. The second-order valence-corrected chi connectivity index (χ2v) is 4.51. The summed E-state index contributed by atoms with van der Waals surface area (Å²) < 4.78 is 1.08. The molecule has 0 amide bonds. The minimum absolute atomic E-state index is 0.247. The second-order valence-electron chi connectivity index (χ2n) is 3.71. The maximum absolute atomic E-state index is 10.3. The molecule has 0 radical (unpaired) electrons. The monoisotopic (exact) mass is 285 g/mol. The summed E-state index contributed by atoms with van der Waals surface area (Å²) in [7, 11) is 0. The standard InChI is InChI=1S/C12H16BrNO2/c1-9-5-4-6-10(12(9)13)14-8-3-2-7-11(15)16/h4-6,14H,2-3,7-8H2,1H3,(H,15,16). The van der Waals surface area contributed by atoms with Crippen molar-refractivity contribution >= 4 is 27.6 Å². The number of hydrogen-bond donors (Lipinski definition) is 2. The van der Waals surface area contributed by atoms with Crippen molar-refractivity contribution in [2.24, 2.45) is 0 Å². The van der Waals surface area contributed by atoms with Gasteiger partial charge in [-0.1, -0.05) is 12.1 Å². The molecular weight excluding hydrogens is 270 g/mol. The Kier molecular flexibility index (Phi) is 5.32. The molecule has 0 saturated carbocycles. The lowest BCUT2D eigenvalue weighted by Crippen LogP contribution is -2.04. The smallest absolute Gasteiger partial charge is 0.303 e. The number of anilines is 1. The third-order valence-electron chi connectivity index (χ3n) is 2.32. The number of nitrogens with one attached hydrogen (secondary N) is 1. The highest BCUT2D eigenvalue weighted by Crippen LogP contribution is 2.25. The molecule has 0 bridgehead atoms. The number of carboxylic acid groups (broad SMARTS) is 1. The molecular formula is C12H16BrNO2. The maximum atomic E-state index is 10.3. The molecule has 16 heavy (non-hydrogen) atoms. The molecule has 0 aromatic heterocycles. The van der Waals surface area contributed by atoms with Gasteiger partial charge < -0.3 is 10.4 Å². The normalized spacial score (nSPS) is 10.1. The number of rotatable bonds is 6. The van der Waals surface area contributed by atoms with Gasteiger partial charge >= 0.3 is 5.97 Å². The van der Waals surface area contributed by atoms with Crippen molar-refractivity contribution in [3.8, 4) is 0 Å². The summed E-state index contributed by atoms with van der Waals surface area (Å²) in [5.74, 6) is -0.725. The molecule has 0 atom stereocenters. The average molecular weight is 286 g/mol. The van der Waals surface area contributed by atoms with E-state index < -0.39 is 5.97 Å². The molecule has 1 aromatic rings. The van der Waals surface area contributed by atoms with Crippen molar-refractivity contribution in [1.29, 1.82) is 0 Å². The van der Waals surface area contributed by atoms with Crippen LogP contribution in [0.5, 0.6) is 0 Å². The average Bonchev–Trinajstić information content (AvgIpc) is 2.23. The van der Waals surface area contributed by atoms with Gasteiger partial charge in [-0.3, -0.25) is 4.79 Å². The van der Waals surface area contributed by atoms with Crippen molar-refractivity contribution in [3.05, 3.63) is 28.2 Å². The molecule has 0 aliphatic rings. The molecule has 1 rings (SSSR count). The zero-order valence-electron chi connectivity index (χ0n) is 9.29. The molecule has 1 aromatic carbocycles. The minimum Gasteiger partial charge on any atom is -0.481 e. The minimum atomic E-state index is -0.725. The number of benzene rings is 1. The van der Waals surface area contributed by atoms with Crippen LogP contribution >= 0.6 is 15.9 Å². The maximum Gasteiger partial charge on any atom is 0.303 e. The fourth-order valence-corrected chi connectivity index (χ4v) is 1.81. The molecule has 3 nitrogen and oxygen atoms in total. The summed E-state index contributed by atoms with van der Waals surface area (Å²) in [4.78, 5) is 10.3. The summed E-state index contributed by atoms with van der Waals surface area (Å²) in [6, 6.07) is 6.05. The van der Waals surface area contributed by atoms with Crippen LogP contribution < -0.4 is 5.32 Å². The van der Waals surface area contributed by atoms with Gasteiger partial charge in [0.2, 0.25) is 0 Å². The Hall–Kier alpha value is -1.03. The van der Waals surface area contributed by atoms with Gasteiger partial charge in [0.15, 0.2) is 0 Å². The van der Waals surface area contributed by atoms with Crippen molar-refractivity contribution in [2.75, 3.05) is 11.9 Å². The van der Waals surface area contributed by atoms with Gasteiger partial charge in [0.1, 0.15) is 0 Å². The van der Waals surface area contributed by atoms with Gasteiger partial charge in [-0.15, -0.1) is 0 Å². The summed E-state index contributed by atoms with van der Waals surface area (Å²) in [5, 5.41) is 11.8. The fourth-order valence-electron chi connectivity index (χ4n) is 1.41. The van der Waals surface area contributed by atoms with E-state index in [1.165, 1.54) is 5.56 Å². The number of carbonyl (C=O) groups is 1. The van der Waals surface area contributed by atoms with E-state index in [1.807, 2.05) is 25.1 Å². The second kappa shape index (κ2) is 6.53. The van der Waals surface area contributed by atoms with Crippen LogP contribution in [0.2, 0.25) is 0 Å². The highest BCUT2D eigenvalue weighted by Gasteiger charge is 2.01. The Morgan fingerprint density at radius 3 is 2.88 bits per heavy atom. The molecule has 0 unspecified atom stereocenters. The van der Waals surface area contributed by atoms with E-state index >= 15 is 0 Å². The number of aliphatic carboxylic acids is 1. The summed E-state index contributed by atoms with van der Waals surface area (Å²) in [6.07, 6.45) is 1.83. The van der Waals surface area contributed by atoms with E-state index in [-0.39, 0.29) is 6.42 Å². The number of aryl methyl sites for hydroxylation is 1. The van der Waals surface area contributed by atoms with Gasteiger partial charge in [-0.05, 0) is 47.3 Å². The van der Waals surface area contributed by atoms with Gasteiger partial charge in [-0.2, -0.15) is 0 Å². The number of carboxylic acids is 1. The Labute approximate surface area is 104 Å². The van der Waals surface area contributed by atoms with Gasteiger partial charge in [-0.25, -0.2) is 0 Å². The zero-order valence-corrected chi connectivity index (χ0v) is 10.9. The van der Waals surface area contributed by atoms with Crippen molar-refractivity contribution < 1.29 is 9.90 Å². The van der Waals surface area contributed by atoms with Crippen LogP contribution in [0.4, 0.5) is 5.69 Å². The van der Waals surface area contributed by atoms with E-state index in [9.17, 15) is 4.79 Å². The Balaban J connectivity index is 2.32. The van der Waals surface area contributed by atoms with Gasteiger partial charge in [0.25, 0.3) is 0 Å². The van der Waals surface area contributed by atoms with Crippen molar-refractivity contribution in [3.63, 3.8) is 0 Å². The van der Waals surface area contributed by atoms with Crippen LogP contribution in [0, 0.1) is 6.92 Å². The molecule has 0 aliphatic carbocycles. The van der Waals surface area contributed by atoms with Crippen molar-refractivity contribution in [2.45, 2.75) is 26.2 Å². The van der Waals surface area contributed by atoms with Crippen LogP contribution in [0.25, 0.3) is 0 Å². The molecule has 0 saturated heterocycles. The fraction of sp³-hybridized carbons (Fsp3) is 0.417. The molecule has 88 valence electrons. The molecule has 0 aliphatic heterocycles. The predicted octanol–water partition coefficient (Wildman–Crippen LogP) is 3.42. The first kappa shape index (κ1) is 13.0. The Bertz CT molecular complexity index is 366. The van der Waals surface area contributed by atoms with E-state index in [0.29, 0.717) is 6.42 Å². The van der Waals surface area contributed by atoms with Gasteiger partial charge in [0.05, 0.1) is 0 Å². The van der Waals surface area contributed by atoms with Crippen molar-refractivity contribution in [1.82, 2.24) is 0 Å².